The minimum Gasteiger partial charge on any atom is -0.394 e. The molecular formula is C11H22N3O3+. The second-order valence-electron chi connectivity index (χ2n) is 5.09. The van der Waals surface area contributed by atoms with Crippen LogP contribution in [-0.2, 0) is 4.74 Å². The summed E-state index contributed by atoms with van der Waals surface area (Å²) in [5, 5.41) is 22.1. The highest BCUT2D eigenvalue weighted by molar-refractivity contribution is 5.04. The number of hydrogen-bond donors (Lipinski definition) is 4. The fraction of sp³-hybridized carbons (Fsp3) is 0.818. The van der Waals surface area contributed by atoms with Crippen LogP contribution >= 0.6 is 0 Å². The number of aliphatic hydroxyl groups excluding tert-OH is 2. The molecule has 1 fully saturated rings. The maximum atomic E-state index is 10.1. The number of nitrogens with zero attached hydrogens (tertiary/aromatic N) is 1. The largest absolute Gasteiger partial charge is 0.394 e. The van der Waals surface area contributed by atoms with Crippen LogP contribution in [-0.4, -0.2) is 53.2 Å². The number of aliphatic hydroxyl groups is 2. The summed E-state index contributed by atoms with van der Waals surface area (Å²) in [7, 11) is 1.90. The highest BCUT2D eigenvalue weighted by Crippen LogP contribution is 2.31. The minimum absolute atomic E-state index is 0.0300. The molecule has 0 aromatic rings. The van der Waals surface area contributed by atoms with Gasteiger partial charge in [-0.3, -0.25) is 0 Å². The van der Waals surface area contributed by atoms with Gasteiger partial charge in [0.1, 0.15) is 6.20 Å². The Morgan fingerprint density at radius 2 is 2.29 bits per heavy atom. The van der Waals surface area contributed by atoms with Crippen LogP contribution in [0.4, 0.5) is 0 Å². The van der Waals surface area contributed by atoms with Crippen LogP contribution in [0.1, 0.15) is 19.8 Å². The van der Waals surface area contributed by atoms with E-state index in [0.29, 0.717) is 0 Å². The van der Waals surface area contributed by atoms with E-state index in [-0.39, 0.29) is 29.6 Å². The molecule has 6 nitrogen and oxygen atoms in total. The number of ether oxygens (including phenoxy) is 1. The Kier molecular flexibility index (Phi) is 3.53. The fourth-order valence-corrected chi connectivity index (χ4v) is 2.51. The Labute approximate surface area is 101 Å². The lowest BCUT2D eigenvalue weighted by Crippen LogP contribution is -2.66. The molecule has 0 spiro atoms. The van der Waals surface area contributed by atoms with Crippen LogP contribution in [0.3, 0.4) is 0 Å². The quantitative estimate of drug-likeness (QED) is 0.468. The van der Waals surface area contributed by atoms with Gasteiger partial charge in [-0.05, 0) is 13.3 Å². The van der Waals surface area contributed by atoms with Crippen LogP contribution in [0.25, 0.3) is 0 Å². The van der Waals surface area contributed by atoms with Gasteiger partial charge in [0, 0.05) is 12.0 Å². The average molecular weight is 244 g/mol. The van der Waals surface area contributed by atoms with E-state index in [1.165, 1.54) is 0 Å². The number of hydrogen-bond acceptors (Lipinski definition) is 5. The summed E-state index contributed by atoms with van der Waals surface area (Å²) in [5.41, 5.74) is 6.79. The molecule has 2 aliphatic rings. The van der Waals surface area contributed by atoms with E-state index < -0.39 is 6.35 Å². The number of nitrogens with one attached hydrogen (secondary N) is 1. The molecule has 0 radical (unpaired) electrons. The molecule has 98 valence electrons. The Balaban J connectivity index is 2.18. The van der Waals surface area contributed by atoms with Gasteiger partial charge in [0.25, 0.3) is 6.35 Å². The van der Waals surface area contributed by atoms with Gasteiger partial charge in [-0.25, -0.2) is 9.80 Å². The highest BCUT2D eigenvalue weighted by Gasteiger charge is 2.46. The second kappa shape index (κ2) is 4.64. The summed E-state index contributed by atoms with van der Waals surface area (Å²) in [4.78, 5) is 0. The van der Waals surface area contributed by atoms with Gasteiger partial charge in [-0.15, -0.1) is 0 Å². The molecule has 0 aromatic carbocycles. The van der Waals surface area contributed by atoms with Crippen LogP contribution in [0.15, 0.2) is 11.8 Å². The van der Waals surface area contributed by atoms with E-state index in [2.05, 4.69) is 5.32 Å². The standard InChI is InChI=1S/C11H22N3O3/c1-7-5-14(2,11(16)13-10(7)12)9-4-3-8(6-15)17-9/h5,8-11,13,15-16H,3-4,6,12H2,1-2H3/q+1. The van der Waals surface area contributed by atoms with Gasteiger partial charge in [-0.1, -0.05) is 0 Å². The van der Waals surface area contributed by atoms with E-state index >= 15 is 0 Å². The SMILES string of the molecule is CC1=C[N+](C)(C2CCC(CO)O2)C(O)NC1N. The van der Waals surface area contributed by atoms with E-state index in [1.54, 1.807) is 0 Å². The van der Waals surface area contributed by atoms with Crippen molar-refractivity contribution in [2.75, 3.05) is 13.7 Å². The lowest BCUT2D eigenvalue weighted by Gasteiger charge is -2.43. The van der Waals surface area contributed by atoms with Crippen molar-refractivity contribution >= 4 is 0 Å². The predicted molar refractivity (Wildman–Crippen MR) is 62.0 cm³/mol. The van der Waals surface area contributed by atoms with Crippen molar-refractivity contribution in [1.29, 1.82) is 0 Å². The van der Waals surface area contributed by atoms with Crippen molar-refractivity contribution in [3.05, 3.63) is 11.8 Å². The Morgan fingerprint density at radius 3 is 2.88 bits per heavy atom. The van der Waals surface area contributed by atoms with Crippen LogP contribution in [0.2, 0.25) is 0 Å². The first-order valence-electron chi connectivity index (χ1n) is 5.98. The summed E-state index contributed by atoms with van der Waals surface area (Å²) in [6.07, 6.45) is 2.22. The third-order valence-corrected chi connectivity index (χ3v) is 3.74. The maximum Gasteiger partial charge on any atom is 0.258 e. The third-order valence-electron chi connectivity index (χ3n) is 3.74. The molecule has 1 saturated heterocycles. The third kappa shape index (κ3) is 2.24. The van der Waals surface area contributed by atoms with Crippen molar-refractivity contribution in [2.24, 2.45) is 5.73 Å². The highest BCUT2D eigenvalue weighted by atomic mass is 16.5. The number of nitrogens with two attached hydrogens (primary N) is 1. The van der Waals surface area contributed by atoms with Gasteiger partial charge >= 0.3 is 0 Å². The van der Waals surface area contributed by atoms with Gasteiger partial charge in [0.15, 0.2) is 0 Å². The van der Waals surface area contributed by atoms with E-state index in [9.17, 15) is 5.11 Å². The average Bonchev–Trinajstić information content (AvgIpc) is 2.75. The fourth-order valence-electron chi connectivity index (χ4n) is 2.51. The molecule has 0 aliphatic carbocycles. The van der Waals surface area contributed by atoms with Crippen molar-refractivity contribution in [2.45, 2.75) is 44.6 Å². The molecule has 17 heavy (non-hydrogen) atoms. The van der Waals surface area contributed by atoms with Crippen molar-refractivity contribution in [1.82, 2.24) is 5.32 Å². The molecule has 5 atom stereocenters. The molecular weight excluding hydrogens is 222 g/mol. The van der Waals surface area contributed by atoms with Crippen LogP contribution in [0, 0.1) is 0 Å². The number of quaternary nitrogens is 1. The summed E-state index contributed by atoms with van der Waals surface area (Å²) in [6.45, 7) is 1.96. The summed E-state index contributed by atoms with van der Waals surface area (Å²) >= 11 is 0. The normalized spacial score (nSPS) is 47.0. The van der Waals surface area contributed by atoms with Crippen molar-refractivity contribution < 1.29 is 19.4 Å². The minimum atomic E-state index is -0.781. The molecule has 2 heterocycles. The van der Waals surface area contributed by atoms with Crippen molar-refractivity contribution in [3.8, 4) is 0 Å². The summed E-state index contributed by atoms with van der Waals surface area (Å²) < 4.78 is 5.99. The molecule has 5 unspecified atom stereocenters. The zero-order chi connectivity index (χ0) is 12.6. The Bertz CT molecular complexity index is 323. The first kappa shape index (κ1) is 12.9. The molecule has 0 bridgehead atoms. The monoisotopic (exact) mass is 244 g/mol. The topological polar surface area (TPSA) is 87.7 Å². The van der Waals surface area contributed by atoms with Gasteiger partial charge in [-0.2, -0.15) is 0 Å². The van der Waals surface area contributed by atoms with E-state index in [4.69, 9.17) is 15.6 Å². The summed E-state index contributed by atoms with van der Waals surface area (Å²) in [6, 6.07) is 0. The Hall–Kier alpha value is -0.500. The first-order valence-corrected chi connectivity index (χ1v) is 5.98. The predicted octanol–water partition coefficient (Wildman–Crippen LogP) is -1.00. The van der Waals surface area contributed by atoms with Crippen LogP contribution in [0.5, 0.6) is 0 Å². The smallest absolute Gasteiger partial charge is 0.258 e. The zero-order valence-corrected chi connectivity index (χ0v) is 10.3. The van der Waals surface area contributed by atoms with Crippen molar-refractivity contribution in [3.63, 3.8) is 0 Å². The molecule has 0 aromatic heterocycles. The maximum absolute atomic E-state index is 10.1. The summed E-state index contributed by atoms with van der Waals surface area (Å²) in [5.74, 6) is 0. The van der Waals surface area contributed by atoms with Crippen LogP contribution < -0.4 is 11.1 Å². The van der Waals surface area contributed by atoms with Gasteiger partial charge in [0.2, 0.25) is 6.23 Å². The van der Waals surface area contributed by atoms with Gasteiger partial charge < -0.3 is 20.7 Å². The second-order valence-corrected chi connectivity index (χ2v) is 5.09. The number of rotatable bonds is 2. The lowest BCUT2D eigenvalue weighted by atomic mass is 10.1. The molecule has 2 aliphatic heterocycles. The lowest BCUT2D eigenvalue weighted by molar-refractivity contribution is -0.957. The molecule has 6 heteroatoms. The van der Waals surface area contributed by atoms with E-state index in [0.717, 1.165) is 18.4 Å². The molecule has 0 amide bonds. The van der Waals surface area contributed by atoms with Gasteiger partial charge in [0.05, 0.1) is 25.9 Å². The molecule has 5 N–H and O–H groups in total. The molecule has 2 rings (SSSR count). The zero-order valence-electron chi connectivity index (χ0n) is 10.3. The molecule has 0 saturated carbocycles. The van der Waals surface area contributed by atoms with E-state index in [1.807, 2.05) is 20.2 Å². The Morgan fingerprint density at radius 1 is 1.59 bits per heavy atom. The first-order chi connectivity index (χ1) is 7.97.